The molecule has 7 nitrogen and oxygen atoms in total. The zero-order valence-electron chi connectivity index (χ0n) is 18.8. The molecule has 4 rings (SSSR count). The molecule has 0 spiro atoms. The standard InChI is InChI=1S/C24H25F3N4O3/c1-15-20(17-11-21(23(33)30(2)14-17)31-6-8-34-9-7-31)12-19(13-28-15)29-22(32)16-4-3-5-18(10-16)24(25,26)27/h3-5,10-15,20H,6-9H2,1-2H3,(H,29,32). The number of nitrogens with one attached hydrogen (secondary N) is 1. The van der Waals surface area contributed by atoms with Crippen LogP contribution in [0, 0.1) is 0 Å². The fourth-order valence-corrected chi connectivity index (χ4v) is 4.09. The molecule has 0 bridgehead atoms. The van der Waals surface area contributed by atoms with Crippen LogP contribution in [-0.2, 0) is 18.0 Å². The first kappa shape index (κ1) is 23.7. The fraction of sp³-hybridized carbons (Fsp3) is 0.375. The van der Waals surface area contributed by atoms with Crippen molar-refractivity contribution >= 4 is 17.8 Å². The Balaban J connectivity index is 1.60. The fourth-order valence-electron chi connectivity index (χ4n) is 4.09. The summed E-state index contributed by atoms with van der Waals surface area (Å²) in [4.78, 5) is 31.8. The predicted octanol–water partition coefficient (Wildman–Crippen LogP) is 3.11. The minimum atomic E-state index is -4.54. The number of allylic oxidation sites excluding steroid dienone is 1. The molecular formula is C24H25F3N4O3. The molecule has 180 valence electrons. The van der Waals surface area contributed by atoms with Gasteiger partial charge in [0.25, 0.3) is 11.5 Å². The van der Waals surface area contributed by atoms with E-state index >= 15 is 0 Å². The minimum Gasteiger partial charge on any atom is -0.378 e. The number of carbonyl (C=O) groups excluding carboxylic acids is 1. The number of hydrogen-bond acceptors (Lipinski definition) is 5. The van der Waals surface area contributed by atoms with E-state index in [2.05, 4.69) is 10.3 Å². The summed E-state index contributed by atoms with van der Waals surface area (Å²) in [5.41, 5.74) is 0.702. The van der Waals surface area contributed by atoms with Gasteiger partial charge in [-0.05, 0) is 42.8 Å². The summed E-state index contributed by atoms with van der Waals surface area (Å²) in [6.45, 7) is 4.24. The number of aryl methyl sites for hydroxylation is 1. The van der Waals surface area contributed by atoms with Gasteiger partial charge in [0.2, 0.25) is 0 Å². The van der Waals surface area contributed by atoms with Gasteiger partial charge < -0.3 is 19.5 Å². The molecule has 1 fully saturated rings. The van der Waals surface area contributed by atoms with E-state index in [0.29, 0.717) is 37.7 Å². The monoisotopic (exact) mass is 474 g/mol. The van der Waals surface area contributed by atoms with Crippen LogP contribution in [0.1, 0.15) is 34.3 Å². The van der Waals surface area contributed by atoms with Crippen LogP contribution >= 0.6 is 0 Å². The molecule has 1 N–H and O–H groups in total. The van der Waals surface area contributed by atoms with Crippen LogP contribution in [0.2, 0.25) is 0 Å². The normalized spacial score (nSPS) is 20.7. The van der Waals surface area contributed by atoms with Crippen LogP contribution < -0.4 is 15.8 Å². The van der Waals surface area contributed by atoms with Gasteiger partial charge in [0.05, 0.1) is 30.5 Å². The van der Waals surface area contributed by atoms with Crippen LogP contribution in [0.5, 0.6) is 0 Å². The molecule has 0 saturated carbocycles. The zero-order valence-corrected chi connectivity index (χ0v) is 18.8. The predicted molar refractivity (Wildman–Crippen MR) is 122 cm³/mol. The summed E-state index contributed by atoms with van der Waals surface area (Å²) in [7, 11) is 1.69. The first-order chi connectivity index (χ1) is 16.1. The third kappa shape index (κ3) is 5.06. The number of aromatic nitrogens is 1. The van der Waals surface area contributed by atoms with E-state index in [1.165, 1.54) is 22.9 Å². The molecule has 3 heterocycles. The van der Waals surface area contributed by atoms with Gasteiger partial charge in [-0.2, -0.15) is 13.2 Å². The molecule has 2 atom stereocenters. The van der Waals surface area contributed by atoms with Crippen molar-refractivity contribution in [3.05, 3.63) is 75.3 Å². The van der Waals surface area contributed by atoms with E-state index < -0.39 is 17.6 Å². The number of nitrogens with zero attached hydrogens (tertiary/aromatic N) is 3. The number of dihydropyridines is 1. The second kappa shape index (κ2) is 9.46. The number of amides is 1. The van der Waals surface area contributed by atoms with Crippen LogP contribution in [0.15, 0.2) is 58.1 Å². The maximum Gasteiger partial charge on any atom is 0.416 e. The van der Waals surface area contributed by atoms with Gasteiger partial charge in [0, 0.05) is 44.0 Å². The summed E-state index contributed by atoms with van der Waals surface area (Å²) in [5.74, 6) is -0.903. The Kier molecular flexibility index (Phi) is 6.60. The van der Waals surface area contributed by atoms with Crippen molar-refractivity contribution < 1.29 is 22.7 Å². The van der Waals surface area contributed by atoms with E-state index in [9.17, 15) is 22.8 Å². The molecule has 2 aliphatic heterocycles. The number of ether oxygens (including phenoxy) is 1. The van der Waals surface area contributed by atoms with Gasteiger partial charge in [-0.25, -0.2) is 0 Å². The number of carbonyl (C=O) groups is 1. The average molecular weight is 474 g/mol. The van der Waals surface area contributed by atoms with Crippen molar-refractivity contribution in [3.8, 4) is 0 Å². The van der Waals surface area contributed by atoms with Gasteiger partial charge in [0.1, 0.15) is 5.69 Å². The second-order valence-electron chi connectivity index (χ2n) is 8.37. The summed E-state index contributed by atoms with van der Waals surface area (Å²) in [5, 5.41) is 2.65. The van der Waals surface area contributed by atoms with E-state index in [1.807, 2.05) is 24.0 Å². The van der Waals surface area contributed by atoms with Gasteiger partial charge in [-0.3, -0.25) is 14.6 Å². The average Bonchev–Trinajstić information content (AvgIpc) is 2.82. The Morgan fingerprint density at radius 2 is 1.94 bits per heavy atom. The molecule has 1 aromatic carbocycles. The number of halogens is 3. The van der Waals surface area contributed by atoms with Crippen molar-refractivity contribution in [2.75, 3.05) is 31.2 Å². The lowest BCUT2D eigenvalue weighted by Crippen LogP contribution is -2.40. The quantitative estimate of drug-likeness (QED) is 0.739. The third-order valence-electron chi connectivity index (χ3n) is 5.96. The lowest BCUT2D eigenvalue weighted by atomic mass is 9.91. The molecule has 2 aliphatic rings. The molecule has 2 aromatic rings. The molecule has 0 radical (unpaired) electrons. The van der Waals surface area contributed by atoms with Crippen molar-refractivity contribution in [2.45, 2.75) is 25.1 Å². The highest BCUT2D eigenvalue weighted by Gasteiger charge is 2.31. The molecule has 1 amide bonds. The number of anilines is 1. The van der Waals surface area contributed by atoms with E-state index in [0.717, 1.165) is 17.7 Å². The van der Waals surface area contributed by atoms with Crippen LogP contribution in [0.4, 0.5) is 18.9 Å². The molecule has 10 heteroatoms. The van der Waals surface area contributed by atoms with Gasteiger partial charge in [-0.1, -0.05) is 6.07 Å². The Labute approximate surface area is 194 Å². The van der Waals surface area contributed by atoms with Gasteiger partial charge >= 0.3 is 6.18 Å². The highest BCUT2D eigenvalue weighted by Crippen LogP contribution is 2.30. The molecular weight excluding hydrogens is 449 g/mol. The Morgan fingerprint density at radius 3 is 2.65 bits per heavy atom. The molecule has 2 unspecified atom stereocenters. The van der Waals surface area contributed by atoms with E-state index in [1.54, 1.807) is 13.2 Å². The van der Waals surface area contributed by atoms with Crippen LogP contribution in [-0.4, -0.2) is 49.0 Å². The summed E-state index contributed by atoms with van der Waals surface area (Å²) in [6, 6.07) is 5.94. The molecule has 1 aromatic heterocycles. The maximum atomic E-state index is 13.0. The Hall–Kier alpha value is -3.40. The number of hydrogen-bond donors (Lipinski definition) is 1. The van der Waals surface area contributed by atoms with Crippen molar-refractivity contribution in [3.63, 3.8) is 0 Å². The number of rotatable bonds is 4. The summed E-state index contributed by atoms with van der Waals surface area (Å²) in [6.07, 6.45) is 0.518. The zero-order chi connectivity index (χ0) is 24.5. The number of pyridine rings is 1. The summed E-state index contributed by atoms with van der Waals surface area (Å²) >= 11 is 0. The Bertz CT molecular complexity index is 1200. The largest absolute Gasteiger partial charge is 0.416 e. The van der Waals surface area contributed by atoms with Gasteiger partial charge in [-0.15, -0.1) is 0 Å². The minimum absolute atomic E-state index is 0.101. The van der Waals surface area contributed by atoms with Crippen LogP contribution in [0.25, 0.3) is 0 Å². The first-order valence-electron chi connectivity index (χ1n) is 10.9. The first-order valence-corrected chi connectivity index (χ1v) is 10.9. The smallest absolute Gasteiger partial charge is 0.378 e. The second-order valence-corrected chi connectivity index (χ2v) is 8.37. The maximum absolute atomic E-state index is 13.0. The van der Waals surface area contributed by atoms with Crippen LogP contribution in [0.3, 0.4) is 0 Å². The lowest BCUT2D eigenvalue weighted by Gasteiger charge is -2.30. The number of aliphatic imine (C=N–C) groups is 1. The number of alkyl halides is 3. The van der Waals surface area contributed by atoms with E-state index in [4.69, 9.17) is 4.74 Å². The number of morpholine rings is 1. The third-order valence-corrected chi connectivity index (χ3v) is 5.96. The highest BCUT2D eigenvalue weighted by atomic mass is 19.4. The van der Waals surface area contributed by atoms with Gasteiger partial charge in [0.15, 0.2) is 0 Å². The number of benzene rings is 1. The molecule has 1 saturated heterocycles. The SMILES string of the molecule is CC1N=CC(NC(=O)c2cccc(C(F)(F)F)c2)=CC1c1cc(N2CCOCC2)c(=O)n(C)c1. The molecule has 34 heavy (non-hydrogen) atoms. The summed E-state index contributed by atoms with van der Waals surface area (Å²) < 4.78 is 45.9. The lowest BCUT2D eigenvalue weighted by molar-refractivity contribution is -0.137. The van der Waals surface area contributed by atoms with E-state index in [-0.39, 0.29) is 23.1 Å². The van der Waals surface area contributed by atoms with Crippen molar-refractivity contribution in [1.82, 2.24) is 9.88 Å². The highest BCUT2D eigenvalue weighted by molar-refractivity contribution is 5.99. The van der Waals surface area contributed by atoms with Crippen molar-refractivity contribution in [2.24, 2.45) is 12.0 Å². The topological polar surface area (TPSA) is 75.9 Å². The molecule has 0 aliphatic carbocycles. The Morgan fingerprint density at radius 1 is 1.21 bits per heavy atom. The van der Waals surface area contributed by atoms with Crippen molar-refractivity contribution in [1.29, 1.82) is 0 Å².